The highest BCUT2D eigenvalue weighted by Crippen LogP contribution is 2.75. The molecule has 8 rings (SSSR count). The number of carbonyl (C=O) groups is 1. The molecule has 3 bridgehead atoms. The summed E-state index contributed by atoms with van der Waals surface area (Å²) in [7, 11) is 0. The zero-order chi connectivity index (χ0) is 33.3. The molecule has 2 spiro atoms. The van der Waals surface area contributed by atoms with Crippen molar-refractivity contribution in [2.24, 2.45) is 35.5 Å². The van der Waals surface area contributed by atoms with E-state index in [-0.39, 0.29) is 17.8 Å². The number of rotatable bonds is 4. The van der Waals surface area contributed by atoms with Gasteiger partial charge in [-0.1, -0.05) is 77.7 Å². The number of aliphatic hydroxyl groups excluding tert-OH is 3. The predicted octanol–water partition coefficient (Wildman–Crippen LogP) is 3.49. The van der Waals surface area contributed by atoms with Gasteiger partial charge in [-0.25, -0.2) is 4.79 Å². The molecule has 258 valence electrons. The first-order chi connectivity index (χ1) is 22.3. The van der Waals surface area contributed by atoms with E-state index in [9.17, 15) is 25.2 Å². The lowest BCUT2D eigenvalue weighted by Crippen LogP contribution is -2.74. The predicted molar refractivity (Wildman–Crippen MR) is 168 cm³/mol. The Morgan fingerprint density at radius 2 is 1.70 bits per heavy atom. The molecule has 3 aliphatic carbocycles. The molecule has 47 heavy (non-hydrogen) atoms. The first-order valence-corrected chi connectivity index (χ1v) is 17.7. The SMILES string of the molecule is C=C(C)[C@]12C[C@@H](C)[C@@]34OC5(O[C@@H]1[C@@H]3[C@@H]1O[C@]1(CO)[C@@H](O)[C@@]1(O)C4C([C@@H](C)CCCCCC[C@@H]5O)[C@H](C)[C@@H]1OC(=O)c1ccccc1)O2. The number of epoxide rings is 1. The van der Waals surface area contributed by atoms with Crippen LogP contribution in [0.5, 0.6) is 0 Å². The van der Waals surface area contributed by atoms with Gasteiger partial charge in [0.05, 0.1) is 17.8 Å². The summed E-state index contributed by atoms with van der Waals surface area (Å²) < 4.78 is 33.7. The van der Waals surface area contributed by atoms with Crippen LogP contribution in [0.25, 0.3) is 0 Å². The van der Waals surface area contributed by atoms with Crippen molar-refractivity contribution < 1.29 is 48.9 Å². The molecular formula is C37H50O10. The van der Waals surface area contributed by atoms with Crippen LogP contribution < -0.4 is 0 Å². The van der Waals surface area contributed by atoms with Gasteiger partial charge in [0, 0.05) is 11.8 Å². The van der Waals surface area contributed by atoms with Gasteiger partial charge < -0.3 is 44.1 Å². The van der Waals surface area contributed by atoms with Crippen LogP contribution in [-0.4, -0.2) is 91.9 Å². The van der Waals surface area contributed by atoms with Crippen LogP contribution in [0.4, 0.5) is 0 Å². The maximum Gasteiger partial charge on any atom is 0.338 e. The Hall–Kier alpha value is -1.89. The lowest BCUT2D eigenvalue weighted by Gasteiger charge is -2.62. The van der Waals surface area contributed by atoms with Crippen LogP contribution in [0.15, 0.2) is 42.5 Å². The highest BCUT2D eigenvalue weighted by Gasteiger charge is 2.90. The van der Waals surface area contributed by atoms with E-state index in [4.69, 9.17) is 23.7 Å². The molecule has 0 radical (unpaired) electrons. The third-order valence-electron chi connectivity index (χ3n) is 13.7. The Morgan fingerprint density at radius 3 is 2.38 bits per heavy atom. The summed E-state index contributed by atoms with van der Waals surface area (Å²) >= 11 is 0. The van der Waals surface area contributed by atoms with Gasteiger partial charge in [0.15, 0.2) is 0 Å². The van der Waals surface area contributed by atoms with E-state index < -0.39 is 89.2 Å². The van der Waals surface area contributed by atoms with Gasteiger partial charge in [0.2, 0.25) is 0 Å². The van der Waals surface area contributed by atoms with Crippen LogP contribution in [0.2, 0.25) is 0 Å². The summed E-state index contributed by atoms with van der Waals surface area (Å²) in [6.45, 7) is 11.9. The first kappa shape index (κ1) is 32.3. The number of hydrogen-bond donors (Lipinski definition) is 4. The second kappa shape index (κ2) is 10.6. The molecule has 3 saturated carbocycles. The molecular weight excluding hydrogens is 604 g/mol. The van der Waals surface area contributed by atoms with E-state index >= 15 is 0 Å². The topological polar surface area (TPSA) is 147 Å². The average Bonchev–Trinajstić information content (AvgIpc) is 3.69. The van der Waals surface area contributed by atoms with Crippen molar-refractivity contribution in [1.82, 2.24) is 0 Å². The second-order valence-corrected chi connectivity index (χ2v) is 16.0. The molecule has 16 atom stereocenters. The van der Waals surface area contributed by atoms with Crippen molar-refractivity contribution >= 4 is 5.97 Å². The number of benzene rings is 1. The number of carbonyl (C=O) groups excluding carboxylic acids is 1. The zero-order valence-electron chi connectivity index (χ0n) is 27.8. The number of hydrogen-bond acceptors (Lipinski definition) is 10. The molecule has 10 nitrogen and oxygen atoms in total. The molecule has 10 heteroatoms. The third kappa shape index (κ3) is 3.93. The minimum absolute atomic E-state index is 0.0521. The standard InChI is InChI=1S/C37H50O10/c1-19(2)33-17-21(4)36-26-29(33)45-37(46-33,47-36)24(39)16-12-7-6-9-13-20(3)25-22(5)28(43-31(40)23-14-10-8-11-15-23)35(42,27(25)36)32(41)34(18-38)30(26)44-34/h8,10-11,14-15,20-22,24-30,32,38-39,41-42H,1,6-7,9,12-13,16-18H2,2-5H3/t20-,21+,22-,24-,25?,26+,27?,28-,29+,30-,32+,33+,34-,35+,36+,37?/m0/s1. The maximum absolute atomic E-state index is 13.8. The van der Waals surface area contributed by atoms with Crippen LogP contribution >= 0.6 is 0 Å². The van der Waals surface area contributed by atoms with Crippen molar-refractivity contribution in [1.29, 1.82) is 0 Å². The summed E-state index contributed by atoms with van der Waals surface area (Å²) in [4.78, 5) is 13.8. The summed E-state index contributed by atoms with van der Waals surface area (Å²) in [6.07, 6.45) is 0.0237. The van der Waals surface area contributed by atoms with Crippen molar-refractivity contribution in [2.45, 2.75) is 132 Å². The van der Waals surface area contributed by atoms with Crippen molar-refractivity contribution in [3.8, 4) is 0 Å². The number of esters is 1. The molecule has 7 fully saturated rings. The number of ether oxygens (including phenoxy) is 5. The lowest BCUT2D eigenvalue weighted by atomic mass is 9.51. The Labute approximate surface area is 276 Å². The van der Waals surface area contributed by atoms with E-state index in [2.05, 4.69) is 20.4 Å². The largest absolute Gasteiger partial charge is 0.455 e. The molecule has 7 aliphatic rings. The summed E-state index contributed by atoms with van der Waals surface area (Å²) in [5, 5.41) is 48.9. The summed E-state index contributed by atoms with van der Waals surface area (Å²) in [5.41, 5.74) is -4.83. The van der Waals surface area contributed by atoms with Gasteiger partial charge >= 0.3 is 11.9 Å². The Bertz CT molecular complexity index is 1440. The molecule has 0 amide bonds. The van der Waals surface area contributed by atoms with Gasteiger partial charge in [-0.05, 0) is 61.1 Å². The quantitative estimate of drug-likeness (QED) is 0.216. The van der Waals surface area contributed by atoms with E-state index in [1.165, 1.54) is 0 Å². The summed E-state index contributed by atoms with van der Waals surface area (Å²) in [5.74, 6) is -4.73. The third-order valence-corrected chi connectivity index (χ3v) is 13.7. The molecule has 4 saturated heterocycles. The Morgan fingerprint density at radius 1 is 1.00 bits per heavy atom. The summed E-state index contributed by atoms with van der Waals surface area (Å²) in [6, 6.07) is 8.65. The van der Waals surface area contributed by atoms with Crippen LogP contribution in [-0.2, 0) is 23.7 Å². The van der Waals surface area contributed by atoms with Crippen LogP contribution in [0.3, 0.4) is 0 Å². The fourth-order valence-electron chi connectivity index (χ4n) is 11.6. The molecule has 4 aliphatic heterocycles. The Balaban J connectivity index is 1.37. The fourth-order valence-corrected chi connectivity index (χ4v) is 11.6. The molecule has 1 aromatic rings. The maximum atomic E-state index is 13.8. The van der Waals surface area contributed by atoms with Crippen molar-refractivity contribution in [3.05, 3.63) is 48.0 Å². The van der Waals surface area contributed by atoms with Crippen molar-refractivity contribution in [3.63, 3.8) is 0 Å². The van der Waals surface area contributed by atoms with Gasteiger partial charge in [0.1, 0.15) is 47.3 Å². The van der Waals surface area contributed by atoms with Gasteiger partial charge in [-0.15, -0.1) is 0 Å². The molecule has 1 aromatic carbocycles. The first-order valence-electron chi connectivity index (χ1n) is 17.7. The molecule has 4 N–H and O–H groups in total. The van der Waals surface area contributed by atoms with E-state index in [1.807, 2.05) is 19.9 Å². The minimum Gasteiger partial charge on any atom is -0.455 e. The molecule has 4 heterocycles. The minimum atomic E-state index is -2.09. The fraction of sp³-hybridized carbons (Fsp3) is 0.757. The Kier molecular flexibility index (Phi) is 7.26. The monoisotopic (exact) mass is 654 g/mol. The average molecular weight is 655 g/mol. The second-order valence-electron chi connectivity index (χ2n) is 16.0. The van der Waals surface area contributed by atoms with Gasteiger partial charge in [-0.2, -0.15) is 0 Å². The van der Waals surface area contributed by atoms with E-state index in [0.717, 1.165) is 37.7 Å². The highest BCUT2D eigenvalue weighted by atomic mass is 16.9. The smallest absolute Gasteiger partial charge is 0.338 e. The van der Waals surface area contributed by atoms with Gasteiger partial charge in [-0.3, -0.25) is 0 Å². The van der Waals surface area contributed by atoms with Gasteiger partial charge in [0.25, 0.3) is 0 Å². The molecule has 0 aromatic heterocycles. The zero-order valence-corrected chi connectivity index (χ0v) is 27.8. The number of aliphatic hydroxyl groups is 4. The normalized spacial score (nSPS) is 54.3. The number of fused-ring (bicyclic) bond motifs is 1. The lowest BCUT2D eigenvalue weighted by molar-refractivity contribution is -0.458. The van der Waals surface area contributed by atoms with Crippen LogP contribution in [0.1, 0.15) is 83.0 Å². The van der Waals surface area contributed by atoms with E-state index in [1.54, 1.807) is 24.3 Å². The van der Waals surface area contributed by atoms with Crippen molar-refractivity contribution in [2.75, 3.05) is 6.61 Å². The van der Waals surface area contributed by atoms with Crippen LogP contribution in [0, 0.1) is 35.5 Å². The molecule has 3 unspecified atom stereocenters. The van der Waals surface area contributed by atoms with E-state index in [0.29, 0.717) is 18.4 Å². The highest BCUT2D eigenvalue weighted by molar-refractivity contribution is 5.89.